The van der Waals surface area contributed by atoms with Gasteiger partial charge in [-0.1, -0.05) is 18.2 Å². The van der Waals surface area contributed by atoms with E-state index < -0.39 is 11.6 Å². The van der Waals surface area contributed by atoms with E-state index in [2.05, 4.69) is 24.3 Å². The zero-order valence-electron chi connectivity index (χ0n) is 15.1. The second-order valence-corrected chi connectivity index (χ2v) is 8.82. The molecule has 1 aromatic carbocycles. The molecule has 0 aliphatic carbocycles. The lowest BCUT2D eigenvalue weighted by Crippen LogP contribution is -2.40. The van der Waals surface area contributed by atoms with Crippen LogP contribution < -0.4 is 0 Å². The van der Waals surface area contributed by atoms with Crippen LogP contribution in [0.1, 0.15) is 27.7 Å². The second kappa shape index (κ2) is 6.51. The summed E-state index contributed by atoms with van der Waals surface area (Å²) in [4.78, 5) is 1.24. The summed E-state index contributed by atoms with van der Waals surface area (Å²) in [6.07, 6.45) is -0.612. The van der Waals surface area contributed by atoms with Gasteiger partial charge in [-0.2, -0.15) is 0 Å². The summed E-state index contributed by atoms with van der Waals surface area (Å²) >= 11 is 1.82. The van der Waals surface area contributed by atoms with E-state index in [0.29, 0.717) is 6.61 Å². The van der Waals surface area contributed by atoms with E-state index in [-0.39, 0.29) is 30.5 Å². The van der Waals surface area contributed by atoms with Crippen molar-refractivity contribution in [2.45, 2.75) is 68.8 Å². The first kappa shape index (κ1) is 17.8. The van der Waals surface area contributed by atoms with Crippen LogP contribution in [0.3, 0.4) is 0 Å². The third-order valence-corrected chi connectivity index (χ3v) is 5.96. The lowest BCUT2D eigenvalue weighted by molar-refractivity contribution is -0.225. The minimum Gasteiger partial charge on any atom is -0.348 e. The van der Waals surface area contributed by atoms with Gasteiger partial charge in [-0.3, -0.25) is 0 Å². The van der Waals surface area contributed by atoms with Crippen LogP contribution in [0.25, 0.3) is 0 Å². The van der Waals surface area contributed by atoms with E-state index in [1.165, 1.54) is 4.90 Å². The molecule has 0 N–H and O–H groups in total. The van der Waals surface area contributed by atoms with Crippen molar-refractivity contribution in [3.05, 3.63) is 30.3 Å². The molecule has 6 heteroatoms. The molecule has 25 heavy (non-hydrogen) atoms. The van der Waals surface area contributed by atoms with Crippen molar-refractivity contribution in [3.63, 3.8) is 0 Å². The summed E-state index contributed by atoms with van der Waals surface area (Å²) in [5.41, 5.74) is 0. The van der Waals surface area contributed by atoms with Crippen molar-refractivity contribution < 1.29 is 23.7 Å². The summed E-state index contributed by atoms with van der Waals surface area (Å²) in [6, 6.07) is 10.4. The maximum absolute atomic E-state index is 6.23. The van der Waals surface area contributed by atoms with Crippen molar-refractivity contribution in [1.82, 2.24) is 0 Å². The summed E-state index contributed by atoms with van der Waals surface area (Å²) in [7, 11) is 0. The molecule has 138 valence electrons. The van der Waals surface area contributed by atoms with E-state index in [0.717, 1.165) is 5.75 Å². The Morgan fingerprint density at radius 1 is 0.960 bits per heavy atom. The number of hydrogen-bond donors (Lipinski definition) is 0. The van der Waals surface area contributed by atoms with Crippen molar-refractivity contribution in [3.8, 4) is 0 Å². The molecule has 5 nitrogen and oxygen atoms in total. The summed E-state index contributed by atoms with van der Waals surface area (Å²) in [6.45, 7) is 8.28. The number of hydrogen-bond acceptors (Lipinski definition) is 6. The molecule has 3 saturated heterocycles. The molecule has 3 heterocycles. The van der Waals surface area contributed by atoms with Gasteiger partial charge in [0.25, 0.3) is 0 Å². The Morgan fingerprint density at radius 3 is 2.40 bits per heavy atom. The Kier molecular flexibility index (Phi) is 4.63. The molecule has 5 atom stereocenters. The topological polar surface area (TPSA) is 46.2 Å². The first-order valence-electron chi connectivity index (χ1n) is 8.84. The summed E-state index contributed by atoms with van der Waals surface area (Å²) in [5, 5.41) is 0. The number of thioether (sulfide) groups is 1. The zero-order valence-corrected chi connectivity index (χ0v) is 16.0. The molecule has 3 aliphatic heterocycles. The van der Waals surface area contributed by atoms with Crippen LogP contribution in [0.4, 0.5) is 0 Å². The molecule has 0 radical (unpaired) electrons. The standard InChI is InChI=1S/C19H26O5S/c1-18(2)20-10-14(22-18)15-13(11-25-12-8-6-5-7-9-12)16-17(21-15)24-19(3,4)23-16/h5-9,13-17H,10-11H2,1-4H3/t13-,14-,15+,16-,17-/m1/s1. The third kappa shape index (κ3) is 3.75. The van der Waals surface area contributed by atoms with Crippen molar-refractivity contribution in [2.75, 3.05) is 12.4 Å². The fraction of sp³-hybridized carbons (Fsp3) is 0.684. The van der Waals surface area contributed by atoms with Gasteiger partial charge in [-0.15, -0.1) is 11.8 Å². The number of fused-ring (bicyclic) bond motifs is 1. The molecule has 0 amide bonds. The first-order valence-corrected chi connectivity index (χ1v) is 9.82. The zero-order chi connectivity index (χ0) is 17.7. The van der Waals surface area contributed by atoms with Crippen LogP contribution in [-0.4, -0.2) is 48.5 Å². The van der Waals surface area contributed by atoms with E-state index in [1.54, 1.807) is 0 Å². The molecule has 0 unspecified atom stereocenters. The monoisotopic (exact) mass is 366 g/mol. The quantitative estimate of drug-likeness (QED) is 0.761. The molecule has 4 rings (SSSR count). The van der Waals surface area contributed by atoms with E-state index in [1.807, 2.05) is 45.5 Å². The largest absolute Gasteiger partial charge is 0.348 e. The lowest BCUT2D eigenvalue weighted by atomic mass is 9.97. The molecule has 0 saturated carbocycles. The predicted molar refractivity (Wildman–Crippen MR) is 94.3 cm³/mol. The van der Waals surface area contributed by atoms with E-state index >= 15 is 0 Å². The minimum atomic E-state index is -0.609. The molecular weight excluding hydrogens is 340 g/mol. The van der Waals surface area contributed by atoms with Crippen LogP contribution in [0, 0.1) is 5.92 Å². The molecule has 0 aromatic heterocycles. The van der Waals surface area contributed by atoms with Crippen LogP contribution in [0.2, 0.25) is 0 Å². The molecular formula is C19H26O5S. The minimum absolute atomic E-state index is 0.0801. The Bertz CT molecular complexity index is 605. The van der Waals surface area contributed by atoms with Crippen molar-refractivity contribution in [1.29, 1.82) is 0 Å². The van der Waals surface area contributed by atoms with Gasteiger partial charge in [0.05, 0.1) is 12.7 Å². The fourth-order valence-electron chi connectivity index (χ4n) is 3.73. The second-order valence-electron chi connectivity index (χ2n) is 7.72. The SMILES string of the molecule is CC1(C)O[C@H]2O[C@H]([C@H]3COC(C)(C)O3)[C@@H](CSc3ccccc3)[C@H]2O1. The first-order chi connectivity index (χ1) is 11.8. The van der Waals surface area contributed by atoms with E-state index in [4.69, 9.17) is 23.7 Å². The highest BCUT2D eigenvalue weighted by Gasteiger charge is 2.57. The Morgan fingerprint density at radius 2 is 1.72 bits per heavy atom. The van der Waals surface area contributed by atoms with E-state index in [9.17, 15) is 0 Å². The number of ether oxygens (including phenoxy) is 5. The molecule has 3 fully saturated rings. The molecule has 3 aliphatic rings. The van der Waals surface area contributed by atoms with Gasteiger partial charge in [0, 0.05) is 16.6 Å². The van der Waals surface area contributed by atoms with Gasteiger partial charge >= 0.3 is 0 Å². The van der Waals surface area contributed by atoms with Crippen molar-refractivity contribution >= 4 is 11.8 Å². The highest BCUT2D eigenvalue weighted by molar-refractivity contribution is 7.99. The number of rotatable bonds is 4. The third-order valence-electron chi connectivity index (χ3n) is 4.81. The Labute approximate surface area is 153 Å². The average molecular weight is 366 g/mol. The van der Waals surface area contributed by atoms with Crippen molar-refractivity contribution in [2.24, 2.45) is 5.92 Å². The van der Waals surface area contributed by atoms with Gasteiger partial charge < -0.3 is 23.7 Å². The van der Waals surface area contributed by atoms with Crippen LogP contribution >= 0.6 is 11.8 Å². The highest BCUT2D eigenvalue weighted by Crippen LogP contribution is 2.45. The fourth-order valence-corrected chi connectivity index (χ4v) is 4.85. The van der Waals surface area contributed by atoms with Gasteiger partial charge in [-0.05, 0) is 39.8 Å². The maximum atomic E-state index is 6.23. The van der Waals surface area contributed by atoms with Crippen LogP contribution in [0.5, 0.6) is 0 Å². The highest BCUT2D eigenvalue weighted by atomic mass is 32.2. The smallest absolute Gasteiger partial charge is 0.187 e. The molecule has 0 spiro atoms. The van der Waals surface area contributed by atoms with Gasteiger partial charge in [0.15, 0.2) is 17.9 Å². The van der Waals surface area contributed by atoms with Crippen LogP contribution in [0.15, 0.2) is 35.2 Å². The normalized spacial score (nSPS) is 38.8. The summed E-state index contributed by atoms with van der Waals surface area (Å²) < 4.78 is 30.2. The summed E-state index contributed by atoms with van der Waals surface area (Å²) in [5.74, 6) is -0.110. The Hall–Kier alpha value is -0.630. The predicted octanol–water partition coefficient (Wildman–Crippen LogP) is 3.42. The molecule has 0 bridgehead atoms. The lowest BCUT2D eigenvalue weighted by Gasteiger charge is -2.29. The average Bonchev–Trinajstić information content (AvgIpc) is 3.15. The van der Waals surface area contributed by atoms with Gasteiger partial charge in [0.2, 0.25) is 0 Å². The molecule has 1 aromatic rings. The number of benzene rings is 1. The Balaban J connectivity index is 1.50. The van der Waals surface area contributed by atoms with Gasteiger partial charge in [-0.25, -0.2) is 0 Å². The maximum Gasteiger partial charge on any atom is 0.187 e. The van der Waals surface area contributed by atoms with Gasteiger partial charge in [0.1, 0.15) is 12.2 Å². The van der Waals surface area contributed by atoms with Crippen LogP contribution in [-0.2, 0) is 23.7 Å².